The number of fused-ring (bicyclic) bond motifs is 3. The van der Waals surface area contributed by atoms with Gasteiger partial charge >= 0.3 is 0 Å². The largest absolute Gasteiger partial charge is 0.269 e. The lowest BCUT2D eigenvalue weighted by Crippen LogP contribution is -2.43. The molecule has 0 spiro atoms. The first kappa shape index (κ1) is 8.00. The van der Waals surface area contributed by atoms with Gasteiger partial charge in [0.25, 0.3) is 0 Å². The van der Waals surface area contributed by atoms with Crippen LogP contribution in [0.4, 0.5) is 0 Å². The van der Waals surface area contributed by atoms with Gasteiger partial charge < -0.3 is 0 Å². The van der Waals surface area contributed by atoms with Crippen molar-refractivity contribution in [3.63, 3.8) is 0 Å². The van der Waals surface area contributed by atoms with Gasteiger partial charge in [0.15, 0.2) is 20.0 Å². The molecule has 0 radical (unpaired) electrons. The Morgan fingerprint density at radius 3 is 3.25 bits per heavy atom. The molecule has 2 aliphatic rings. The minimum atomic E-state index is -0.243. The van der Waals surface area contributed by atoms with Crippen molar-refractivity contribution < 1.29 is 19.5 Å². The Balaban J connectivity index is 2.15. The number of rotatable bonds is 0. The van der Waals surface area contributed by atoms with E-state index < -0.39 is 0 Å². The van der Waals surface area contributed by atoms with E-state index in [9.17, 15) is 0 Å². The molecule has 5 heteroatoms. The first-order valence-electron chi connectivity index (χ1n) is 4.00. The summed E-state index contributed by atoms with van der Waals surface area (Å²) >= 11 is 0. The van der Waals surface area contributed by atoms with Crippen LogP contribution in [0.15, 0.2) is 12.3 Å². The van der Waals surface area contributed by atoms with Crippen molar-refractivity contribution in [1.29, 1.82) is 0 Å². The van der Waals surface area contributed by atoms with Crippen molar-refractivity contribution in [2.45, 2.75) is 0 Å². The molecule has 12 heavy (non-hydrogen) atoms. The van der Waals surface area contributed by atoms with Gasteiger partial charge in [0.05, 0.1) is 0 Å². The number of quaternary nitrogens is 1. The quantitative estimate of drug-likeness (QED) is 0.483. The van der Waals surface area contributed by atoms with Gasteiger partial charge in [-0.1, -0.05) is 0 Å². The van der Waals surface area contributed by atoms with Crippen LogP contribution in [0.1, 0.15) is 0 Å². The SMILES string of the molecule is C[N+]12OC=CCN(CCO1)CO2. The lowest BCUT2D eigenvalue weighted by atomic mass is 10.5. The molecule has 0 aromatic carbocycles. The Labute approximate surface area is 71.2 Å². The molecule has 2 atom stereocenters. The highest BCUT2D eigenvalue weighted by molar-refractivity contribution is 4.77. The van der Waals surface area contributed by atoms with Crippen LogP contribution in [-0.4, -0.2) is 43.3 Å². The number of nitrogens with zero attached hydrogens (tertiary/aromatic N) is 2. The van der Waals surface area contributed by atoms with Crippen LogP contribution >= 0.6 is 0 Å². The highest BCUT2D eigenvalue weighted by Gasteiger charge is 2.33. The van der Waals surface area contributed by atoms with E-state index in [1.54, 1.807) is 13.3 Å². The second-order valence-corrected chi connectivity index (χ2v) is 2.92. The topological polar surface area (TPSA) is 30.9 Å². The van der Waals surface area contributed by atoms with E-state index >= 15 is 0 Å². The number of hydroxylamine groups is 3. The molecule has 2 bridgehead atoms. The maximum Gasteiger partial charge on any atom is 0.179 e. The van der Waals surface area contributed by atoms with Gasteiger partial charge in [-0.25, -0.2) is 0 Å². The van der Waals surface area contributed by atoms with Gasteiger partial charge in [0, 0.05) is 13.1 Å². The Morgan fingerprint density at radius 2 is 2.33 bits per heavy atom. The predicted octanol–water partition coefficient (Wildman–Crippen LogP) is 0.0282. The highest BCUT2D eigenvalue weighted by atomic mass is 17.2. The smallest absolute Gasteiger partial charge is 0.179 e. The molecule has 0 aromatic rings. The standard InChI is InChI=1S/C7H13N2O3/c1-9-10-5-2-3-8(7-12-9)4-6-11-9/h2,5H,3-4,6-7H2,1H3/q+1. The molecule has 2 unspecified atom stereocenters. The third-order valence-electron chi connectivity index (χ3n) is 1.92. The van der Waals surface area contributed by atoms with Gasteiger partial charge in [-0.05, 0) is 6.08 Å². The van der Waals surface area contributed by atoms with Crippen molar-refractivity contribution in [2.75, 3.05) is 33.5 Å². The maximum absolute atomic E-state index is 5.36. The van der Waals surface area contributed by atoms with E-state index in [1.165, 1.54) is 0 Å². The van der Waals surface area contributed by atoms with Crippen LogP contribution in [0, 0.1) is 0 Å². The minimum Gasteiger partial charge on any atom is -0.269 e. The molecule has 0 aromatic heterocycles. The lowest BCUT2D eigenvalue weighted by molar-refractivity contribution is -1.35. The molecule has 0 aliphatic carbocycles. The molecule has 1 fully saturated rings. The van der Waals surface area contributed by atoms with Crippen LogP contribution in [-0.2, 0) is 14.5 Å². The van der Waals surface area contributed by atoms with Crippen molar-refractivity contribution >= 4 is 0 Å². The Morgan fingerprint density at radius 1 is 1.42 bits per heavy atom. The van der Waals surface area contributed by atoms with E-state index in [0.717, 1.165) is 13.1 Å². The monoisotopic (exact) mass is 173 g/mol. The zero-order valence-corrected chi connectivity index (χ0v) is 7.10. The Hall–Kier alpha value is -0.620. The maximum atomic E-state index is 5.36. The molecule has 0 N–H and O–H groups in total. The predicted molar refractivity (Wildman–Crippen MR) is 39.9 cm³/mol. The van der Waals surface area contributed by atoms with Crippen molar-refractivity contribution in [3.8, 4) is 0 Å². The van der Waals surface area contributed by atoms with Crippen LogP contribution in [0.3, 0.4) is 0 Å². The van der Waals surface area contributed by atoms with E-state index in [2.05, 4.69) is 4.90 Å². The molecule has 68 valence electrons. The summed E-state index contributed by atoms with van der Waals surface area (Å²) in [5.41, 5.74) is 0. The molecule has 2 aliphatic heterocycles. The summed E-state index contributed by atoms with van der Waals surface area (Å²) < 4.78 is 0. The minimum absolute atomic E-state index is 0.243. The lowest BCUT2D eigenvalue weighted by Gasteiger charge is -2.23. The summed E-state index contributed by atoms with van der Waals surface area (Å²) in [6.07, 6.45) is 3.56. The van der Waals surface area contributed by atoms with Gasteiger partial charge in [0.2, 0.25) is 0 Å². The van der Waals surface area contributed by atoms with Crippen molar-refractivity contribution in [3.05, 3.63) is 12.3 Å². The zero-order chi connectivity index (χ0) is 8.44. The molecular weight excluding hydrogens is 160 g/mol. The first-order chi connectivity index (χ1) is 5.79. The fraction of sp³-hybridized carbons (Fsp3) is 0.714. The van der Waals surface area contributed by atoms with Crippen LogP contribution in [0.25, 0.3) is 0 Å². The molecule has 5 nitrogen and oxygen atoms in total. The molecule has 0 saturated carbocycles. The second-order valence-electron chi connectivity index (χ2n) is 2.92. The fourth-order valence-electron chi connectivity index (χ4n) is 1.17. The van der Waals surface area contributed by atoms with E-state index in [0.29, 0.717) is 13.3 Å². The Bertz CT molecular complexity index is 197. The van der Waals surface area contributed by atoms with Gasteiger partial charge in [0.1, 0.15) is 11.6 Å². The van der Waals surface area contributed by atoms with E-state index in [-0.39, 0.29) is 4.97 Å². The molecule has 2 heterocycles. The van der Waals surface area contributed by atoms with Crippen LogP contribution < -0.4 is 0 Å². The first-order valence-corrected chi connectivity index (χ1v) is 4.00. The molecule has 0 amide bonds. The molecular formula is C7H13N2O3+. The highest BCUT2D eigenvalue weighted by Crippen LogP contribution is 2.14. The third kappa shape index (κ3) is 1.59. The molecule has 2 rings (SSSR count). The van der Waals surface area contributed by atoms with E-state index in [4.69, 9.17) is 14.5 Å². The summed E-state index contributed by atoms with van der Waals surface area (Å²) in [7, 11) is 1.72. The van der Waals surface area contributed by atoms with Gasteiger partial charge in [-0.2, -0.15) is 0 Å². The Kier molecular flexibility index (Phi) is 2.02. The normalized spacial score (nSPS) is 41.2. The zero-order valence-electron chi connectivity index (χ0n) is 7.10. The average Bonchev–Trinajstić information content (AvgIpc) is 2.14. The summed E-state index contributed by atoms with van der Waals surface area (Å²) in [5.74, 6) is 0. The summed E-state index contributed by atoms with van der Waals surface area (Å²) in [5, 5.41) is 0. The van der Waals surface area contributed by atoms with Crippen LogP contribution in [0.5, 0.6) is 0 Å². The van der Waals surface area contributed by atoms with Crippen LogP contribution in [0.2, 0.25) is 0 Å². The third-order valence-corrected chi connectivity index (χ3v) is 1.92. The fourth-order valence-corrected chi connectivity index (χ4v) is 1.17. The summed E-state index contributed by atoms with van der Waals surface area (Å²) in [6.45, 7) is 2.89. The van der Waals surface area contributed by atoms with Crippen molar-refractivity contribution in [1.82, 2.24) is 4.90 Å². The second kappa shape index (κ2) is 3.02. The summed E-state index contributed by atoms with van der Waals surface area (Å²) in [4.78, 5) is 17.8. The summed E-state index contributed by atoms with van der Waals surface area (Å²) in [6, 6.07) is 0. The number of hydrogen-bond acceptors (Lipinski definition) is 4. The average molecular weight is 173 g/mol. The van der Waals surface area contributed by atoms with E-state index in [1.807, 2.05) is 6.08 Å². The van der Waals surface area contributed by atoms with Crippen molar-refractivity contribution in [2.24, 2.45) is 0 Å². The number of hydrogen-bond donors (Lipinski definition) is 0. The molecule has 1 saturated heterocycles. The van der Waals surface area contributed by atoms with Gasteiger partial charge in [-0.3, -0.25) is 9.74 Å². The van der Waals surface area contributed by atoms with Gasteiger partial charge in [-0.15, -0.1) is 9.68 Å².